The van der Waals surface area contributed by atoms with Gasteiger partial charge in [0.2, 0.25) is 0 Å². The number of amides is 2. The lowest BCUT2D eigenvalue weighted by atomic mass is 10.1. The van der Waals surface area contributed by atoms with E-state index in [2.05, 4.69) is 5.32 Å². The molecule has 6 heteroatoms. The van der Waals surface area contributed by atoms with Gasteiger partial charge in [0.05, 0.1) is 0 Å². The first-order valence-corrected chi connectivity index (χ1v) is 8.62. The molecule has 0 heterocycles. The molecule has 0 saturated carbocycles. The predicted molar refractivity (Wildman–Crippen MR) is 97.2 cm³/mol. The van der Waals surface area contributed by atoms with Crippen molar-refractivity contribution in [2.45, 2.75) is 26.7 Å². The van der Waals surface area contributed by atoms with Gasteiger partial charge in [0.15, 0.2) is 11.6 Å². The van der Waals surface area contributed by atoms with Crippen LogP contribution >= 0.6 is 0 Å². The van der Waals surface area contributed by atoms with Crippen molar-refractivity contribution < 1.29 is 18.4 Å². The summed E-state index contributed by atoms with van der Waals surface area (Å²) in [6.07, 6.45) is 1.70. The average molecular weight is 360 g/mol. The van der Waals surface area contributed by atoms with E-state index >= 15 is 0 Å². The second kappa shape index (κ2) is 9.08. The van der Waals surface area contributed by atoms with Crippen molar-refractivity contribution in [2.24, 2.45) is 0 Å². The Balaban J connectivity index is 2.17. The van der Waals surface area contributed by atoms with Crippen LogP contribution in [0, 0.1) is 11.6 Å². The van der Waals surface area contributed by atoms with Crippen LogP contribution in [0.1, 0.15) is 47.4 Å². The molecular formula is C20H22F2N2O2. The van der Waals surface area contributed by atoms with Crippen LogP contribution in [0.15, 0.2) is 42.5 Å². The van der Waals surface area contributed by atoms with Crippen molar-refractivity contribution in [3.05, 3.63) is 65.2 Å². The molecular weight excluding hydrogens is 338 g/mol. The Morgan fingerprint density at radius 2 is 1.58 bits per heavy atom. The largest absolute Gasteiger partial charge is 0.339 e. The van der Waals surface area contributed by atoms with E-state index in [0.717, 1.165) is 25.0 Å². The number of anilines is 1. The minimum absolute atomic E-state index is 0.129. The number of benzene rings is 2. The Hall–Kier alpha value is -2.76. The summed E-state index contributed by atoms with van der Waals surface area (Å²) in [4.78, 5) is 26.8. The highest BCUT2D eigenvalue weighted by atomic mass is 19.2. The van der Waals surface area contributed by atoms with Crippen LogP contribution in [-0.2, 0) is 0 Å². The number of hydrogen-bond acceptors (Lipinski definition) is 2. The second-order valence-corrected chi connectivity index (χ2v) is 5.96. The third-order valence-electron chi connectivity index (χ3n) is 3.82. The van der Waals surface area contributed by atoms with Gasteiger partial charge in [-0.2, -0.15) is 0 Å². The predicted octanol–water partition coefficient (Wildman–Crippen LogP) is 4.48. The van der Waals surface area contributed by atoms with Crippen molar-refractivity contribution in [1.29, 1.82) is 0 Å². The third-order valence-corrected chi connectivity index (χ3v) is 3.82. The first kappa shape index (κ1) is 19.6. The fourth-order valence-corrected chi connectivity index (χ4v) is 2.61. The Morgan fingerprint density at radius 1 is 0.923 bits per heavy atom. The number of nitrogens with zero attached hydrogens (tertiary/aromatic N) is 1. The monoisotopic (exact) mass is 360 g/mol. The lowest BCUT2D eigenvalue weighted by Crippen LogP contribution is -2.32. The lowest BCUT2D eigenvalue weighted by molar-refractivity contribution is 0.0755. The molecule has 0 atom stereocenters. The summed E-state index contributed by atoms with van der Waals surface area (Å²) < 4.78 is 26.2. The molecule has 0 aromatic heterocycles. The lowest BCUT2D eigenvalue weighted by Gasteiger charge is -2.21. The maximum atomic E-state index is 13.3. The smallest absolute Gasteiger partial charge is 0.255 e. The van der Waals surface area contributed by atoms with Gasteiger partial charge in [-0.25, -0.2) is 8.78 Å². The summed E-state index contributed by atoms with van der Waals surface area (Å²) in [6.45, 7) is 5.30. The van der Waals surface area contributed by atoms with Crippen LogP contribution in [0.4, 0.5) is 14.5 Å². The molecule has 0 aliphatic heterocycles. The maximum Gasteiger partial charge on any atom is 0.255 e. The minimum Gasteiger partial charge on any atom is -0.339 e. The van der Waals surface area contributed by atoms with Gasteiger partial charge in [-0.15, -0.1) is 0 Å². The molecule has 0 spiro atoms. The van der Waals surface area contributed by atoms with Crippen molar-refractivity contribution >= 4 is 17.5 Å². The quantitative estimate of drug-likeness (QED) is 0.791. The van der Waals surface area contributed by atoms with Crippen molar-refractivity contribution in [1.82, 2.24) is 4.90 Å². The Labute approximate surface area is 151 Å². The second-order valence-electron chi connectivity index (χ2n) is 5.96. The third kappa shape index (κ3) is 4.88. The van der Waals surface area contributed by atoms with Gasteiger partial charge in [-0.05, 0) is 43.2 Å². The zero-order valence-electron chi connectivity index (χ0n) is 14.9. The summed E-state index contributed by atoms with van der Waals surface area (Å²) in [5.74, 6) is -2.65. The summed E-state index contributed by atoms with van der Waals surface area (Å²) in [6, 6.07) is 9.49. The molecule has 2 amide bonds. The first-order valence-electron chi connectivity index (χ1n) is 8.62. The fraction of sp³-hybridized carbons (Fsp3) is 0.300. The molecule has 0 bridgehead atoms. The molecule has 0 radical (unpaired) electrons. The summed E-state index contributed by atoms with van der Waals surface area (Å²) in [5, 5.41) is 2.50. The zero-order chi connectivity index (χ0) is 19.1. The van der Waals surface area contributed by atoms with Gasteiger partial charge >= 0.3 is 0 Å². The van der Waals surface area contributed by atoms with Crippen LogP contribution in [0.3, 0.4) is 0 Å². The van der Waals surface area contributed by atoms with Crippen molar-refractivity contribution in [3.8, 4) is 0 Å². The van der Waals surface area contributed by atoms with Crippen molar-refractivity contribution in [2.75, 3.05) is 18.4 Å². The van der Waals surface area contributed by atoms with Crippen molar-refractivity contribution in [3.63, 3.8) is 0 Å². The van der Waals surface area contributed by atoms with E-state index in [1.807, 2.05) is 13.8 Å². The molecule has 0 saturated heterocycles. The Kier molecular flexibility index (Phi) is 6.83. The van der Waals surface area contributed by atoms with Crippen LogP contribution in [0.2, 0.25) is 0 Å². The molecule has 1 N–H and O–H groups in total. The van der Waals surface area contributed by atoms with Gasteiger partial charge in [0.25, 0.3) is 11.8 Å². The molecule has 2 aromatic carbocycles. The number of carbonyl (C=O) groups is 2. The number of carbonyl (C=O) groups excluding carboxylic acids is 2. The van der Waals surface area contributed by atoms with Crippen LogP contribution in [-0.4, -0.2) is 29.8 Å². The maximum absolute atomic E-state index is 13.3. The molecule has 0 aliphatic rings. The molecule has 138 valence electrons. The highest BCUT2D eigenvalue weighted by Crippen LogP contribution is 2.15. The van der Waals surface area contributed by atoms with E-state index in [-0.39, 0.29) is 17.2 Å². The number of nitrogens with one attached hydrogen (secondary N) is 1. The number of rotatable bonds is 7. The Bertz CT molecular complexity index is 787. The standard InChI is InChI=1S/C20H22F2N2O2/c1-3-10-24(11-4-2)20(26)15-7-5-6-14(12-15)19(25)23-16-8-9-17(21)18(22)13-16/h5-9,12-13H,3-4,10-11H2,1-2H3,(H,23,25). The molecule has 26 heavy (non-hydrogen) atoms. The molecule has 0 unspecified atom stereocenters. The minimum atomic E-state index is -1.04. The number of halogens is 2. The van der Waals surface area contributed by atoms with Crippen LogP contribution in [0.25, 0.3) is 0 Å². The van der Waals surface area contributed by atoms with E-state index in [9.17, 15) is 18.4 Å². The topological polar surface area (TPSA) is 49.4 Å². The van der Waals surface area contributed by atoms with Gasteiger partial charge in [-0.1, -0.05) is 19.9 Å². The van der Waals surface area contributed by atoms with Crippen LogP contribution in [0.5, 0.6) is 0 Å². The van der Waals surface area contributed by atoms with Gasteiger partial charge in [0, 0.05) is 36.0 Å². The van der Waals surface area contributed by atoms with Gasteiger partial charge in [-0.3, -0.25) is 9.59 Å². The van der Waals surface area contributed by atoms with Gasteiger partial charge < -0.3 is 10.2 Å². The Morgan fingerprint density at radius 3 is 2.19 bits per heavy atom. The fourth-order valence-electron chi connectivity index (χ4n) is 2.61. The molecule has 4 nitrogen and oxygen atoms in total. The average Bonchev–Trinajstić information content (AvgIpc) is 2.64. The van der Waals surface area contributed by atoms with E-state index in [1.165, 1.54) is 12.1 Å². The summed E-state index contributed by atoms with van der Waals surface area (Å²) >= 11 is 0. The first-order chi connectivity index (χ1) is 12.5. The molecule has 0 aliphatic carbocycles. The van der Waals surface area contributed by atoms with Crippen LogP contribution < -0.4 is 5.32 Å². The van der Waals surface area contributed by atoms with E-state index in [1.54, 1.807) is 23.1 Å². The summed E-state index contributed by atoms with van der Waals surface area (Å²) in [7, 11) is 0. The normalized spacial score (nSPS) is 10.5. The SMILES string of the molecule is CCCN(CCC)C(=O)c1cccc(C(=O)Nc2ccc(F)c(F)c2)c1. The van der Waals surface area contributed by atoms with E-state index < -0.39 is 17.5 Å². The molecule has 2 rings (SSSR count). The van der Waals surface area contributed by atoms with Gasteiger partial charge in [0.1, 0.15) is 0 Å². The number of hydrogen-bond donors (Lipinski definition) is 1. The van der Waals surface area contributed by atoms with E-state index in [0.29, 0.717) is 18.7 Å². The zero-order valence-corrected chi connectivity index (χ0v) is 14.9. The molecule has 0 fully saturated rings. The van der Waals surface area contributed by atoms with E-state index in [4.69, 9.17) is 0 Å². The highest BCUT2D eigenvalue weighted by molar-refractivity contribution is 6.06. The highest BCUT2D eigenvalue weighted by Gasteiger charge is 2.16. The summed E-state index contributed by atoms with van der Waals surface area (Å²) in [5.41, 5.74) is 0.836. The molecule has 2 aromatic rings.